The summed E-state index contributed by atoms with van der Waals surface area (Å²) < 4.78 is 6.45. The van der Waals surface area contributed by atoms with Crippen molar-refractivity contribution in [2.24, 2.45) is 5.92 Å². The second kappa shape index (κ2) is 7.38. The van der Waals surface area contributed by atoms with E-state index < -0.39 is 8.32 Å². The van der Waals surface area contributed by atoms with Crippen molar-refractivity contribution in [2.75, 3.05) is 0 Å². The molecule has 0 saturated carbocycles. The molecule has 0 radical (unpaired) electrons. The Kier molecular flexibility index (Phi) is 6.33. The highest BCUT2D eigenvalue weighted by atomic mass is 28.4. The molecule has 0 aliphatic rings. The van der Waals surface area contributed by atoms with Crippen LogP contribution in [-0.2, 0) is 4.43 Å². The van der Waals surface area contributed by atoms with Gasteiger partial charge in [-0.15, -0.1) is 0 Å². The lowest BCUT2D eigenvalue weighted by Gasteiger charge is -2.39. The maximum absolute atomic E-state index is 12.2. The zero-order chi connectivity index (χ0) is 17.0. The fourth-order valence-corrected chi connectivity index (χ4v) is 3.18. The molecule has 1 aromatic rings. The van der Waals surface area contributed by atoms with Crippen molar-refractivity contribution in [1.82, 2.24) is 0 Å². The molecule has 0 saturated heterocycles. The minimum Gasteiger partial charge on any atom is -0.410 e. The van der Waals surface area contributed by atoms with Crippen molar-refractivity contribution >= 4 is 14.1 Å². The average molecular weight is 319 g/mol. The number of carbonyl (C=O) groups is 1. The molecule has 22 heavy (non-hydrogen) atoms. The Labute approximate surface area is 136 Å². The summed E-state index contributed by atoms with van der Waals surface area (Å²) in [7, 11) is -1.84. The molecule has 122 valence electrons. The van der Waals surface area contributed by atoms with Crippen LogP contribution >= 0.6 is 0 Å². The van der Waals surface area contributed by atoms with Gasteiger partial charge in [0.15, 0.2) is 14.1 Å². The quantitative estimate of drug-likeness (QED) is 0.395. The Morgan fingerprint density at radius 1 is 1.14 bits per heavy atom. The predicted molar refractivity (Wildman–Crippen MR) is 96.8 cm³/mol. The molecule has 1 aromatic carbocycles. The zero-order valence-corrected chi connectivity index (χ0v) is 16.0. The summed E-state index contributed by atoms with van der Waals surface area (Å²) in [5.74, 6) is 0.374. The molecule has 2 nitrogen and oxygen atoms in total. The monoisotopic (exact) mass is 318 g/mol. The van der Waals surface area contributed by atoms with Gasteiger partial charge in [0.25, 0.3) is 0 Å². The van der Waals surface area contributed by atoms with E-state index in [4.69, 9.17) is 4.43 Å². The van der Waals surface area contributed by atoms with Gasteiger partial charge in [-0.3, -0.25) is 4.79 Å². The number of hydrogen-bond acceptors (Lipinski definition) is 2. The molecule has 1 atom stereocenters. The van der Waals surface area contributed by atoms with Gasteiger partial charge in [-0.2, -0.15) is 0 Å². The minimum absolute atomic E-state index is 0.0199. The number of ketones is 1. The molecule has 0 aliphatic carbocycles. The normalized spacial score (nSPS) is 14.5. The average Bonchev–Trinajstić information content (AvgIpc) is 2.42. The van der Waals surface area contributed by atoms with Crippen molar-refractivity contribution in [2.45, 2.75) is 58.9 Å². The number of rotatable bonds is 6. The Morgan fingerprint density at radius 2 is 1.68 bits per heavy atom. The Balaban J connectivity index is 2.85. The van der Waals surface area contributed by atoms with Crippen molar-refractivity contribution < 1.29 is 9.22 Å². The van der Waals surface area contributed by atoms with Crippen LogP contribution in [0.2, 0.25) is 18.1 Å². The van der Waals surface area contributed by atoms with Crippen LogP contribution in [0.15, 0.2) is 42.5 Å². The lowest BCUT2D eigenvalue weighted by atomic mass is 10.1. The van der Waals surface area contributed by atoms with E-state index in [1.807, 2.05) is 36.4 Å². The lowest BCUT2D eigenvalue weighted by molar-refractivity contribution is 0.104. The zero-order valence-electron chi connectivity index (χ0n) is 15.0. The van der Waals surface area contributed by atoms with Crippen LogP contribution < -0.4 is 0 Å². The summed E-state index contributed by atoms with van der Waals surface area (Å²) >= 11 is 0. The number of allylic oxidation sites excluding steroid dienone is 1. The van der Waals surface area contributed by atoms with Gasteiger partial charge in [0, 0.05) is 5.56 Å². The summed E-state index contributed by atoms with van der Waals surface area (Å²) in [4.78, 5) is 12.2. The topological polar surface area (TPSA) is 26.3 Å². The van der Waals surface area contributed by atoms with E-state index in [0.29, 0.717) is 11.5 Å². The summed E-state index contributed by atoms with van der Waals surface area (Å²) in [5.41, 5.74) is 0.716. The van der Waals surface area contributed by atoms with Gasteiger partial charge >= 0.3 is 0 Å². The van der Waals surface area contributed by atoms with Gasteiger partial charge in [0.1, 0.15) is 0 Å². The molecule has 0 aliphatic heterocycles. The fourth-order valence-electron chi connectivity index (χ4n) is 1.80. The first kappa shape index (κ1) is 18.9. The highest BCUT2D eigenvalue weighted by Gasteiger charge is 2.39. The minimum atomic E-state index is -1.84. The van der Waals surface area contributed by atoms with Crippen molar-refractivity contribution in [3.63, 3.8) is 0 Å². The molecular weight excluding hydrogens is 288 g/mol. The number of benzene rings is 1. The highest BCUT2D eigenvalue weighted by Crippen LogP contribution is 2.38. The third-order valence-corrected chi connectivity index (χ3v) is 8.86. The molecule has 0 amide bonds. The van der Waals surface area contributed by atoms with Gasteiger partial charge in [0.2, 0.25) is 0 Å². The van der Waals surface area contributed by atoms with Crippen molar-refractivity contribution in [3.05, 3.63) is 48.0 Å². The standard InChI is InChI=1S/C19H30O2Si/c1-15(2)18(21-22(6,7)19(3,4)5)14-13-17(20)16-11-9-8-10-12-16/h8-15,18H,1-7H3/b14-13-. The molecule has 3 heteroatoms. The van der Waals surface area contributed by atoms with Crippen LogP contribution in [0.1, 0.15) is 45.0 Å². The van der Waals surface area contributed by atoms with E-state index in [1.54, 1.807) is 6.08 Å². The van der Waals surface area contributed by atoms with Gasteiger partial charge in [0.05, 0.1) is 6.10 Å². The molecular formula is C19H30O2Si. The van der Waals surface area contributed by atoms with Crippen molar-refractivity contribution in [3.8, 4) is 0 Å². The number of hydrogen-bond donors (Lipinski definition) is 0. The molecule has 0 fully saturated rings. The summed E-state index contributed by atoms with van der Waals surface area (Å²) in [6.07, 6.45) is 3.57. The van der Waals surface area contributed by atoms with Crippen molar-refractivity contribution in [1.29, 1.82) is 0 Å². The smallest absolute Gasteiger partial charge is 0.192 e. The Morgan fingerprint density at radius 3 is 2.14 bits per heavy atom. The van der Waals surface area contributed by atoms with Crippen LogP contribution in [-0.4, -0.2) is 20.2 Å². The maximum Gasteiger partial charge on any atom is 0.192 e. The third kappa shape index (κ3) is 5.22. The summed E-state index contributed by atoms with van der Waals surface area (Å²) in [6.45, 7) is 15.5. The van der Waals surface area contributed by atoms with Gasteiger partial charge in [-0.05, 0) is 30.1 Å². The van der Waals surface area contributed by atoms with Gasteiger partial charge in [-0.25, -0.2) is 0 Å². The first-order valence-electron chi connectivity index (χ1n) is 8.00. The molecule has 1 rings (SSSR count). The van der Waals surface area contributed by atoms with E-state index in [-0.39, 0.29) is 16.9 Å². The van der Waals surface area contributed by atoms with Crippen LogP contribution in [0.5, 0.6) is 0 Å². The van der Waals surface area contributed by atoms with Crippen LogP contribution in [0.4, 0.5) is 0 Å². The first-order valence-corrected chi connectivity index (χ1v) is 10.9. The van der Waals surface area contributed by atoms with E-state index in [9.17, 15) is 4.79 Å². The van der Waals surface area contributed by atoms with E-state index >= 15 is 0 Å². The van der Waals surface area contributed by atoms with Crippen LogP contribution in [0.3, 0.4) is 0 Å². The van der Waals surface area contributed by atoms with Gasteiger partial charge < -0.3 is 4.43 Å². The molecule has 0 heterocycles. The fraction of sp³-hybridized carbons (Fsp3) is 0.526. The SMILES string of the molecule is CC(C)C(/C=C\C(=O)c1ccccc1)O[Si](C)(C)C(C)(C)C. The van der Waals surface area contributed by atoms with E-state index in [0.717, 1.165) is 0 Å². The van der Waals surface area contributed by atoms with Crippen LogP contribution in [0.25, 0.3) is 0 Å². The van der Waals surface area contributed by atoms with Gasteiger partial charge in [-0.1, -0.05) is 71.0 Å². The molecule has 0 aromatic heterocycles. The molecule has 1 unspecified atom stereocenters. The molecule has 0 N–H and O–H groups in total. The Hall–Kier alpha value is -1.19. The lowest BCUT2D eigenvalue weighted by Crippen LogP contribution is -2.44. The number of carbonyl (C=O) groups excluding carboxylic acids is 1. The molecule has 0 spiro atoms. The largest absolute Gasteiger partial charge is 0.410 e. The second-order valence-corrected chi connectivity index (χ2v) is 12.4. The summed E-state index contributed by atoms with van der Waals surface area (Å²) in [6, 6.07) is 9.36. The second-order valence-electron chi connectivity index (χ2n) is 7.68. The van der Waals surface area contributed by atoms with Crippen LogP contribution in [0, 0.1) is 5.92 Å². The highest BCUT2D eigenvalue weighted by molar-refractivity contribution is 6.74. The summed E-state index contributed by atoms with van der Waals surface area (Å²) in [5, 5.41) is 0.164. The molecule has 0 bridgehead atoms. The third-order valence-electron chi connectivity index (χ3n) is 4.39. The first-order chi connectivity index (χ1) is 10.0. The van der Waals surface area contributed by atoms with E-state index in [2.05, 4.69) is 47.7 Å². The maximum atomic E-state index is 12.2. The Bertz CT molecular complexity index is 510. The van der Waals surface area contributed by atoms with E-state index in [1.165, 1.54) is 0 Å². The predicted octanol–water partition coefficient (Wildman–Crippen LogP) is 5.47.